The van der Waals surface area contributed by atoms with Crippen LogP contribution in [0, 0.1) is 0 Å². The van der Waals surface area contributed by atoms with Crippen LogP contribution < -0.4 is 0 Å². The second-order valence-corrected chi connectivity index (χ2v) is 4.85. The molecule has 6 nitrogen and oxygen atoms in total. The molecule has 5 N–H and O–H groups in total. The third-order valence-electron chi connectivity index (χ3n) is 2.43. The Morgan fingerprint density at radius 3 is 2.25 bits per heavy atom. The van der Waals surface area contributed by atoms with Gasteiger partial charge in [-0.3, -0.25) is 0 Å². The maximum Gasteiger partial charge on any atom is 0.132 e. The van der Waals surface area contributed by atoms with Gasteiger partial charge < -0.3 is 30.3 Å². The maximum absolute atomic E-state index is 9.62. The Morgan fingerprint density at radius 1 is 1.00 bits per heavy atom. The van der Waals surface area contributed by atoms with Crippen LogP contribution in [0.25, 0.3) is 0 Å². The van der Waals surface area contributed by atoms with Crippen LogP contribution in [0.2, 0.25) is 0 Å². The summed E-state index contributed by atoms with van der Waals surface area (Å²) in [6.45, 7) is -0.369. The lowest BCUT2D eigenvalue weighted by atomic mass is 10.0. The van der Waals surface area contributed by atoms with Gasteiger partial charge in [-0.05, 0) is 12.2 Å². The molecule has 0 saturated carbocycles. The van der Waals surface area contributed by atoms with Gasteiger partial charge in [0.2, 0.25) is 0 Å². The van der Waals surface area contributed by atoms with Crippen molar-refractivity contribution in [1.82, 2.24) is 0 Å². The van der Waals surface area contributed by atoms with E-state index in [1.165, 1.54) is 11.8 Å². The van der Waals surface area contributed by atoms with E-state index in [4.69, 9.17) is 14.9 Å². The van der Waals surface area contributed by atoms with Crippen molar-refractivity contribution < 1.29 is 30.3 Å². The number of rotatable bonds is 5. The molecule has 0 radical (unpaired) electrons. The van der Waals surface area contributed by atoms with Crippen molar-refractivity contribution in [1.29, 1.82) is 0 Å². The van der Waals surface area contributed by atoms with Crippen LogP contribution in [-0.2, 0) is 4.74 Å². The third-order valence-corrected chi connectivity index (χ3v) is 3.68. The third kappa shape index (κ3) is 3.30. The topological polar surface area (TPSA) is 110 Å². The van der Waals surface area contributed by atoms with E-state index in [1.807, 2.05) is 0 Å². The summed E-state index contributed by atoms with van der Waals surface area (Å²) >= 11 is 1.24. The fourth-order valence-electron chi connectivity index (χ4n) is 1.47. The first kappa shape index (κ1) is 14.2. The molecule has 96 valence electrons. The smallest absolute Gasteiger partial charge is 0.132 e. The molecule has 16 heavy (non-hydrogen) atoms. The summed E-state index contributed by atoms with van der Waals surface area (Å²) in [6.07, 6.45) is -4.13. The largest absolute Gasteiger partial charge is 0.396 e. The van der Waals surface area contributed by atoms with Crippen LogP contribution in [0.5, 0.6) is 0 Å². The number of thioether (sulfide) groups is 1. The Hall–Kier alpha value is 0.110. The summed E-state index contributed by atoms with van der Waals surface area (Å²) in [7, 11) is 0. The predicted molar refractivity (Wildman–Crippen MR) is 57.9 cm³/mol. The Bertz CT molecular complexity index is 202. The molecule has 0 spiro atoms. The van der Waals surface area contributed by atoms with Crippen LogP contribution in [0.4, 0.5) is 0 Å². The number of aliphatic hydroxyl groups excluding tert-OH is 5. The van der Waals surface area contributed by atoms with Crippen molar-refractivity contribution in [3.63, 3.8) is 0 Å². The maximum atomic E-state index is 9.62. The van der Waals surface area contributed by atoms with Crippen molar-refractivity contribution in [2.24, 2.45) is 0 Å². The molecular formula is C9H18O6S. The van der Waals surface area contributed by atoms with E-state index in [0.717, 1.165) is 0 Å². The highest BCUT2D eigenvalue weighted by atomic mass is 32.2. The van der Waals surface area contributed by atoms with E-state index < -0.39 is 36.5 Å². The van der Waals surface area contributed by atoms with Gasteiger partial charge in [0.25, 0.3) is 0 Å². The molecule has 0 amide bonds. The van der Waals surface area contributed by atoms with E-state index in [9.17, 15) is 15.3 Å². The first-order chi connectivity index (χ1) is 7.61. The van der Waals surface area contributed by atoms with Crippen LogP contribution in [-0.4, -0.2) is 74.4 Å². The van der Waals surface area contributed by atoms with Crippen molar-refractivity contribution in [3.8, 4) is 0 Å². The minimum atomic E-state index is -1.32. The Morgan fingerprint density at radius 2 is 1.69 bits per heavy atom. The molecule has 0 bridgehead atoms. The van der Waals surface area contributed by atoms with E-state index in [-0.39, 0.29) is 6.61 Å². The van der Waals surface area contributed by atoms with Gasteiger partial charge in [0.1, 0.15) is 29.9 Å². The quantitative estimate of drug-likeness (QED) is 0.357. The van der Waals surface area contributed by atoms with Crippen molar-refractivity contribution >= 4 is 11.8 Å². The molecule has 1 saturated heterocycles. The Kier molecular flexibility index (Phi) is 5.98. The minimum Gasteiger partial charge on any atom is -0.396 e. The first-order valence-electron chi connectivity index (χ1n) is 5.14. The molecule has 1 fully saturated rings. The highest BCUT2D eigenvalue weighted by Crippen LogP contribution is 2.28. The highest BCUT2D eigenvalue weighted by Gasteiger charge is 2.43. The molecule has 0 aliphatic carbocycles. The highest BCUT2D eigenvalue weighted by molar-refractivity contribution is 7.99. The SMILES string of the molecule is OCCCS[C@@H]1O[C@H](CO)[C@@H](O)[C@H](O)[C@H]1O. The number of hydrogen-bond acceptors (Lipinski definition) is 7. The van der Waals surface area contributed by atoms with Gasteiger partial charge in [-0.15, -0.1) is 11.8 Å². The van der Waals surface area contributed by atoms with Gasteiger partial charge in [-0.2, -0.15) is 0 Å². The normalized spacial score (nSPS) is 39.9. The zero-order valence-corrected chi connectivity index (χ0v) is 9.58. The summed E-state index contributed by atoms with van der Waals surface area (Å²) in [5, 5.41) is 46.1. The van der Waals surface area contributed by atoms with E-state index in [1.54, 1.807) is 0 Å². The average Bonchev–Trinajstić information content (AvgIpc) is 2.29. The predicted octanol–water partition coefficient (Wildman–Crippen LogP) is -2.10. The first-order valence-corrected chi connectivity index (χ1v) is 6.19. The molecule has 0 aromatic heterocycles. The summed E-state index contributed by atoms with van der Waals surface area (Å²) in [5.41, 5.74) is -0.693. The van der Waals surface area contributed by atoms with Crippen LogP contribution >= 0.6 is 11.8 Å². The number of aliphatic hydroxyl groups is 5. The van der Waals surface area contributed by atoms with Gasteiger partial charge in [-0.25, -0.2) is 0 Å². The molecular weight excluding hydrogens is 236 g/mol. The second kappa shape index (κ2) is 6.75. The van der Waals surface area contributed by atoms with E-state index >= 15 is 0 Å². The standard InChI is InChI=1S/C9H18O6S/c10-2-1-3-16-9-8(14)7(13)6(12)5(4-11)15-9/h5-14H,1-4H2/t5-,6-,7+,8-,9+/m1/s1. The van der Waals surface area contributed by atoms with Crippen molar-refractivity contribution in [3.05, 3.63) is 0 Å². The van der Waals surface area contributed by atoms with Gasteiger partial charge in [-0.1, -0.05) is 0 Å². The summed E-state index contributed by atoms with van der Waals surface area (Å²) < 4.78 is 5.25. The molecule has 0 unspecified atom stereocenters. The molecule has 1 aliphatic heterocycles. The van der Waals surface area contributed by atoms with Crippen molar-refractivity contribution in [2.45, 2.75) is 36.3 Å². The van der Waals surface area contributed by atoms with Gasteiger partial charge in [0.15, 0.2) is 0 Å². The summed E-state index contributed by atoms with van der Waals surface area (Å²) in [4.78, 5) is 0. The number of hydrogen-bond donors (Lipinski definition) is 5. The fraction of sp³-hybridized carbons (Fsp3) is 1.00. The lowest BCUT2D eigenvalue weighted by Gasteiger charge is -2.39. The zero-order valence-electron chi connectivity index (χ0n) is 8.77. The molecule has 5 atom stereocenters. The summed E-state index contributed by atoms with van der Waals surface area (Å²) in [5.74, 6) is 0.569. The van der Waals surface area contributed by atoms with Crippen LogP contribution in [0.3, 0.4) is 0 Å². The average molecular weight is 254 g/mol. The lowest BCUT2D eigenvalue weighted by Crippen LogP contribution is -2.57. The summed E-state index contributed by atoms with van der Waals surface area (Å²) in [6, 6.07) is 0. The van der Waals surface area contributed by atoms with Crippen LogP contribution in [0.1, 0.15) is 6.42 Å². The molecule has 0 aromatic rings. The van der Waals surface area contributed by atoms with Gasteiger partial charge in [0, 0.05) is 6.61 Å². The Balaban J connectivity index is 2.50. The molecule has 1 aliphatic rings. The fourth-order valence-corrected chi connectivity index (χ4v) is 2.58. The van der Waals surface area contributed by atoms with E-state index in [0.29, 0.717) is 12.2 Å². The number of ether oxygens (including phenoxy) is 1. The zero-order chi connectivity index (χ0) is 12.1. The molecule has 7 heteroatoms. The Labute approximate surface area is 97.9 Å². The van der Waals surface area contributed by atoms with Gasteiger partial charge in [0.05, 0.1) is 6.61 Å². The monoisotopic (exact) mass is 254 g/mol. The lowest BCUT2D eigenvalue weighted by molar-refractivity contribution is -0.205. The van der Waals surface area contributed by atoms with E-state index in [2.05, 4.69) is 0 Å². The van der Waals surface area contributed by atoms with Crippen molar-refractivity contribution in [2.75, 3.05) is 19.0 Å². The second-order valence-electron chi connectivity index (χ2n) is 3.65. The van der Waals surface area contributed by atoms with Gasteiger partial charge >= 0.3 is 0 Å². The molecule has 1 rings (SSSR count). The van der Waals surface area contributed by atoms with Crippen LogP contribution in [0.15, 0.2) is 0 Å². The molecule has 1 heterocycles. The molecule has 0 aromatic carbocycles. The minimum absolute atomic E-state index is 0.0461.